The van der Waals surface area contributed by atoms with Crippen molar-refractivity contribution in [2.24, 2.45) is 11.7 Å². The Bertz CT molecular complexity index is 422. The van der Waals surface area contributed by atoms with E-state index in [1.807, 2.05) is 12.1 Å². The first-order chi connectivity index (χ1) is 8.63. The zero-order valence-corrected chi connectivity index (χ0v) is 13.5. The maximum absolute atomic E-state index is 9.80. The van der Waals surface area contributed by atoms with Crippen molar-refractivity contribution in [2.75, 3.05) is 7.11 Å². The minimum Gasteiger partial charge on any atom is -0.503 e. The Morgan fingerprint density at radius 1 is 1.32 bits per heavy atom. The van der Waals surface area contributed by atoms with Crippen LogP contribution in [0, 0.1) is 5.92 Å². The van der Waals surface area contributed by atoms with Gasteiger partial charge in [0.25, 0.3) is 0 Å². The number of methoxy groups -OCH3 is 1. The standard InChI is InChI=1S/C14H20BrNO2.ClH/c1-18-12-8-10(7-11(15)14(12)17)13(16)9-5-3-2-4-6-9;/h7-9,13,17H,2-6,16H2,1H3;1H/t13-;/m1./s1. The van der Waals surface area contributed by atoms with E-state index in [1.54, 1.807) is 7.11 Å². The first kappa shape index (κ1) is 16.6. The van der Waals surface area contributed by atoms with Gasteiger partial charge < -0.3 is 15.6 Å². The van der Waals surface area contributed by atoms with Crippen LogP contribution in [0.15, 0.2) is 16.6 Å². The average molecular weight is 351 g/mol. The third-order valence-electron chi connectivity index (χ3n) is 3.81. The van der Waals surface area contributed by atoms with Crippen molar-refractivity contribution in [1.29, 1.82) is 0 Å². The highest BCUT2D eigenvalue weighted by Crippen LogP contribution is 2.40. The summed E-state index contributed by atoms with van der Waals surface area (Å²) in [6.07, 6.45) is 6.26. The van der Waals surface area contributed by atoms with E-state index in [-0.39, 0.29) is 24.2 Å². The Labute approximate surface area is 129 Å². The molecule has 19 heavy (non-hydrogen) atoms. The largest absolute Gasteiger partial charge is 0.503 e. The number of benzene rings is 1. The SMILES string of the molecule is COc1cc([C@H](N)C2CCCCC2)cc(Br)c1O.Cl. The second kappa shape index (κ2) is 7.36. The Kier molecular flexibility index (Phi) is 6.43. The van der Waals surface area contributed by atoms with Gasteiger partial charge in [0.05, 0.1) is 11.6 Å². The van der Waals surface area contributed by atoms with Crippen molar-refractivity contribution in [1.82, 2.24) is 0 Å². The summed E-state index contributed by atoms with van der Waals surface area (Å²) in [6, 6.07) is 3.77. The van der Waals surface area contributed by atoms with E-state index in [9.17, 15) is 5.11 Å². The number of phenolic OH excluding ortho intramolecular Hbond substituents is 1. The Balaban J connectivity index is 0.00000180. The minimum absolute atomic E-state index is 0. The summed E-state index contributed by atoms with van der Waals surface area (Å²) in [5, 5.41) is 9.80. The summed E-state index contributed by atoms with van der Waals surface area (Å²) in [4.78, 5) is 0. The molecule has 0 unspecified atom stereocenters. The van der Waals surface area contributed by atoms with Gasteiger partial charge >= 0.3 is 0 Å². The minimum atomic E-state index is 0. The highest BCUT2D eigenvalue weighted by atomic mass is 79.9. The van der Waals surface area contributed by atoms with E-state index >= 15 is 0 Å². The Morgan fingerprint density at radius 3 is 2.53 bits per heavy atom. The molecular formula is C14H21BrClNO2. The van der Waals surface area contributed by atoms with Gasteiger partial charge in [-0.05, 0) is 52.4 Å². The van der Waals surface area contributed by atoms with Gasteiger partial charge in [-0.2, -0.15) is 0 Å². The van der Waals surface area contributed by atoms with E-state index in [4.69, 9.17) is 10.5 Å². The molecule has 1 aromatic carbocycles. The second-order valence-electron chi connectivity index (χ2n) is 4.98. The Morgan fingerprint density at radius 2 is 1.95 bits per heavy atom. The van der Waals surface area contributed by atoms with Gasteiger partial charge in [-0.1, -0.05) is 19.3 Å². The van der Waals surface area contributed by atoms with Crippen LogP contribution in [0.3, 0.4) is 0 Å². The first-order valence-electron chi connectivity index (χ1n) is 6.45. The number of rotatable bonds is 3. The predicted molar refractivity (Wildman–Crippen MR) is 83.1 cm³/mol. The lowest BCUT2D eigenvalue weighted by Gasteiger charge is -2.28. The van der Waals surface area contributed by atoms with Gasteiger partial charge in [-0.15, -0.1) is 12.4 Å². The van der Waals surface area contributed by atoms with Crippen LogP contribution in [-0.2, 0) is 0 Å². The number of phenols is 1. The smallest absolute Gasteiger partial charge is 0.172 e. The van der Waals surface area contributed by atoms with Crippen LogP contribution in [0.5, 0.6) is 11.5 Å². The average Bonchev–Trinajstić information content (AvgIpc) is 2.42. The maximum atomic E-state index is 9.80. The van der Waals surface area contributed by atoms with E-state index < -0.39 is 0 Å². The number of hydrogen-bond acceptors (Lipinski definition) is 3. The predicted octanol–water partition coefficient (Wildman–Crippen LogP) is 4.17. The summed E-state index contributed by atoms with van der Waals surface area (Å²) in [5.74, 6) is 1.16. The molecule has 0 bridgehead atoms. The molecule has 0 spiro atoms. The monoisotopic (exact) mass is 349 g/mol. The molecule has 0 radical (unpaired) electrons. The van der Waals surface area contributed by atoms with Crippen LogP contribution in [0.25, 0.3) is 0 Å². The highest BCUT2D eigenvalue weighted by Gasteiger charge is 2.23. The van der Waals surface area contributed by atoms with Gasteiger partial charge in [0.1, 0.15) is 0 Å². The molecule has 1 aromatic rings. The molecule has 108 valence electrons. The molecule has 3 nitrogen and oxygen atoms in total. The molecule has 1 aliphatic carbocycles. The van der Waals surface area contributed by atoms with Crippen molar-refractivity contribution in [3.05, 3.63) is 22.2 Å². The maximum Gasteiger partial charge on any atom is 0.172 e. The zero-order chi connectivity index (χ0) is 13.1. The van der Waals surface area contributed by atoms with E-state index in [0.29, 0.717) is 16.1 Å². The van der Waals surface area contributed by atoms with Crippen LogP contribution in [0.2, 0.25) is 0 Å². The molecule has 1 fully saturated rings. The third kappa shape index (κ3) is 3.77. The number of halogens is 2. The number of hydrogen-bond donors (Lipinski definition) is 2. The van der Waals surface area contributed by atoms with Crippen molar-refractivity contribution in [2.45, 2.75) is 38.1 Å². The molecule has 5 heteroatoms. The van der Waals surface area contributed by atoms with Crippen molar-refractivity contribution < 1.29 is 9.84 Å². The van der Waals surface area contributed by atoms with Gasteiger partial charge in [0.15, 0.2) is 11.5 Å². The second-order valence-corrected chi connectivity index (χ2v) is 5.83. The summed E-state index contributed by atoms with van der Waals surface area (Å²) < 4.78 is 5.81. The van der Waals surface area contributed by atoms with E-state index in [2.05, 4.69) is 15.9 Å². The lowest BCUT2D eigenvalue weighted by Crippen LogP contribution is -2.23. The fraction of sp³-hybridized carbons (Fsp3) is 0.571. The van der Waals surface area contributed by atoms with E-state index in [0.717, 1.165) is 5.56 Å². The van der Waals surface area contributed by atoms with Gasteiger partial charge in [-0.3, -0.25) is 0 Å². The van der Waals surface area contributed by atoms with Crippen LogP contribution in [0.4, 0.5) is 0 Å². The molecule has 0 aromatic heterocycles. The normalized spacial score (nSPS) is 17.6. The molecule has 1 atom stereocenters. The first-order valence-corrected chi connectivity index (χ1v) is 7.24. The fourth-order valence-electron chi connectivity index (χ4n) is 2.71. The van der Waals surface area contributed by atoms with E-state index in [1.165, 1.54) is 32.1 Å². The van der Waals surface area contributed by atoms with Gasteiger partial charge in [0.2, 0.25) is 0 Å². The van der Waals surface area contributed by atoms with Crippen molar-refractivity contribution >= 4 is 28.3 Å². The molecule has 3 N–H and O–H groups in total. The fourth-order valence-corrected chi connectivity index (χ4v) is 3.17. The molecule has 0 aliphatic heterocycles. The summed E-state index contributed by atoms with van der Waals surface area (Å²) in [6.45, 7) is 0. The van der Waals surface area contributed by atoms with Crippen molar-refractivity contribution in [3.63, 3.8) is 0 Å². The molecule has 0 saturated heterocycles. The van der Waals surface area contributed by atoms with Gasteiger partial charge in [-0.25, -0.2) is 0 Å². The highest BCUT2D eigenvalue weighted by molar-refractivity contribution is 9.10. The summed E-state index contributed by atoms with van der Waals surface area (Å²) in [5.41, 5.74) is 7.39. The van der Waals surface area contributed by atoms with Crippen LogP contribution < -0.4 is 10.5 Å². The summed E-state index contributed by atoms with van der Waals surface area (Å²) in [7, 11) is 1.55. The molecule has 2 rings (SSSR count). The lowest BCUT2D eigenvalue weighted by atomic mass is 9.81. The molecule has 0 heterocycles. The quantitative estimate of drug-likeness (QED) is 0.860. The molecule has 0 amide bonds. The van der Waals surface area contributed by atoms with Crippen LogP contribution in [0.1, 0.15) is 43.7 Å². The molecule has 1 saturated carbocycles. The van der Waals surface area contributed by atoms with Crippen molar-refractivity contribution in [3.8, 4) is 11.5 Å². The van der Waals surface area contributed by atoms with Crippen LogP contribution >= 0.6 is 28.3 Å². The summed E-state index contributed by atoms with van der Waals surface area (Å²) >= 11 is 3.34. The number of ether oxygens (including phenoxy) is 1. The number of nitrogens with two attached hydrogens (primary N) is 1. The van der Waals surface area contributed by atoms with Crippen LogP contribution in [-0.4, -0.2) is 12.2 Å². The zero-order valence-electron chi connectivity index (χ0n) is 11.1. The lowest BCUT2D eigenvalue weighted by molar-refractivity contribution is 0.306. The molecular weight excluding hydrogens is 330 g/mol. The topological polar surface area (TPSA) is 55.5 Å². The Hall–Kier alpha value is -0.450. The number of aromatic hydroxyl groups is 1. The molecule has 1 aliphatic rings. The van der Waals surface area contributed by atoms with Gasteiger partial charge in [0, 0.05) is 6.04 Å². The third-order valence-corrected chi connectivity index (χ3v) is 4.42.